The van der Waals surface area contributed by atoms with Crippen molar-refractivity contribution in [3.05, 3.63) is 35.4 Å². The van der Waals surface area contributed by atoms with Gasteiger partial charge in [-0.15, -0.1) is 0 Å². The Labute approximate surface area is 99.5 Å². The molecule has 0 aliphatic heterocycles. The summed E-state index contributed by atoms with van der Waals surface area (Å²) >= 11 is 0. The van der Waals surface area contributed by atoms with Crippen molar-refractivity contribution in [1.82, 2.24) is 4.90 Å². The zero-order valence-electron chi connectivity index (χ0n) is 10.6. The Morgan fingerprint density at radius 2 is 1.81 bits per heavy atom. The third-order valence-electron chi connectivity index (χ3n) is 2.91. The second-order valence-corrected chi connectivity index (χ2v) is 4.18. The lowest BCUT2D eigenvalue weighted by Gasteiger charge is -2.21. The van der Waals surface area contributed by atoms with E-state index < -0.39 is 0 Å². The van der Waals surface area contributed by atoms with Gasteiger partial charge in [-0.25, -0.2) is 0 Å². The highest BCUT2D eigenvalue weighted by Gasteiger charge is 2.05. The fourth-order valence-electron chi connectivity index (χ4n) is 2.02. The van der Waals surface area contributed by atoms with Crippen molar-refractivity contribution >= 4 is 0 Å². The monoisotopic (exact) mass is 220 g/mol. The first-order chi connectivity index (χ1) is 7.81. The van der Waals surface area contributed by atoms with Gasteiger partial charge in [0, 0.05) is 6.54 Å². The van der Waals surface area contributed by atoms with Gasteiger partial charge < -0.3 is 5.73 Å². The minimum atomic E-state index is 0.733. The summed E-state index contributed by atoms with van der Waals surface area (Å²) in [5.41, 5.74) is 8.47. The zero-order chi connectivity index (χ0) is 11.8. The molecule has 0 aromatic heterocycles. The van der Waals surface area contributed by atoms with Gasteiger partial charge in [0.2, 0.25) is 0 Å². The largest absolute Gasteiger partial charge is 0.330 e. The van der Waals surface area contributed by atoms with Crippen molar-refractivity contribution in [3.63, 3.8) is 0 Å². The molecular weight excluding hydrogens is 196 g/mol. The summed E-state index contributed by atoms with van der Waals surface area (Å²) in [5, 5.41) is 0. The molecule has 2 nitrogen and oxygen atoms in total. The van der Waals surface area contributed by atoms with E-state index in [2.05, 4.69) is 43.0 Å². The summed E-state index contributed by atoms with van der Waals surface area (Å²) < 4.78 is 0. The number of nitrogens with two attached hydrogens (primary N) is 1. The van der Waals surface area contributed by atoms with Gasteiger partial charge in [0.1, 0.15) is 0 Å². The van der Waals surface area contributed by atoms with Crippen molar-refractivity contribution in [1.29, 1.82) is 0 Å². The molecule has 90 valence electrons. The number of nitrogens with zero attached hydrogens (tertiary/aromatic N) is 1. The predicted molar refractivity (Wildman–Crippen MR) is 70.4 cm³/mol. The summed E-state index contributed by atoms with van der Waals surface area (Å²) in [6.45, 7) is 8.53. The van der Waals surface area contributed by atoms with Gasteiger partial charge in [-0.05, 0) is 43.6 Å². The Kier molecular flexibility index (Phi) is 6.12. The number of hydrogen-bond acceptors (Lipinski definition) is 2. The molecule has 1 aromatic carbocycles. The van der Waals surface area contributed by atoms with Gasteiger partial charge >= 0.3 is 0 Å². The standard InChI is InChI=1S/C14H24N2/c1-3-11-16(4-2)12-14-8-6-5-7-13(14)9-10-15/h5-8H,3-4,9-12,15H2,1-2H3. The van der Waals surface area contributed by atoms with E-state index in [0.717, 1.165) is 26.1 Å². The molecule has 0 unspecified atom stereocenters. The van der Waals surface area contributed by atoms with Crippen LogP contribution in [0.25, 0.3) is 0 Å². The van der Waals surface area contributed by atoms with Gasteiger partial charge in [0.15, 0.2) is 0 Å². The molecule has 2 N–H and O–H groups in total. The Hall–Kier alpha value is -0.860. The molecule has 2 heteroatoms. The topological polar surface area (TPSA) is 29.3 Å². The van der Waals surface area contributed by atoms with Gasteiger partial charge in [0.25, 0.3) is 0 Å². The normalized spacial score (nSPS) is 11.0. The van der Waals surface area contributed by atoms with Crippen LogP contribution in [0.2, 0.25) is 0 Å². The SMILES string of the molecule is CCCN(CC)Cc1ccccc1CCN. The Morgan fingerprint density at radius 1 is 1.12 bits per heavy atom. The van der Waals surface area contributed by atoms with Crippen LogP contribution in [-0.4, -0.2) is 24.5 Å². The molecule has 1 aromatic rings. The molecule has 16 heavy (non-hydrogen) atoms. The average Bonchev–Trinajstić information content (AvgIpc) is 2.31. The van der Waals surface area contributed by atoms with Crippen molar-refractivity contribution < 1.29 is 0 Å². The molecule has 0 saturated carbocycles. The van der Waals surface area contributed by atoms with Gasteiger partial charge in [0.05, 0.1) is 0 Å². The summed E-state index contributed by atoms with van der Waals surface area (Å²) in [6.07, 6.45) is 2.20. The summed E-state index contributed by atoms with van der Waals surface area (Å²) in [6, 6.07) is 8.64. The zero-order valence-corrected chi connectivity index (χ0v) is 10.6. The van der Waals surface area contributed by atoms with Crippen LogP contribution in [-0.2, 0) is 13.0 Å². The Morgan fingerprint density at radius 3 is 2.38 bits per heavy atom. The number of hydrogen-bond donors (Lipinski definition) is 1. The van der Waals surface area contributed by atoms with Crippen LogP contribution in [0.5, 0.6) is 0 Å². The molecule has 0 aliphatic carbocycles. The van der Waals surface area contributed by atoms with E-state index >= 15 is 0 Å². The van der Waals surface area contributed by atoms with E-state index in [1.165, 1.54) is 24.1 Å². The van der Waals surface area contributed by atoms with Crippen LogP contribution in [0.3, 0.4) is 0 Å². The van der Waals surface area contributed by atoms with Crippen LogP contribution in [0.1, 0.15) is 31.4 Å². The highest BCUT2D eigenvalue weighted by atomic mass is 15.1. The molecule has 0 atom stereocenters. The Balaban J connectivity index is 2.70. The Bertz CT molecular complexity index is 297. The van der Waals surface area contributed by atoms with Crippen molar-refractivity contribution in [2.75, 3.05) is 19.6 Å². The first kappa shape index (κ1) is 13.2. The second kappa shape index (κ2) is 7.42. The fraction of sp³-hybridized carbons (Fsp3) is 0.571. The highest BCUT2D eigenvalue weighted by molar-refractivity contribution is 5.27. The lowest BCUT2D eigenvalue weighted by molar-refractivity contribution is 0.280. The van der Waals surface area contributed by atoms with Gasteiger partial charge in [-0.3, -0.25) is 4.90 Å². The minimum absolute atomic E-state index is 0.733. The summed E-state index contributed by atoms with van der Waals surface area (Å²) in [5.74, 6) is 0. The quantitative estimate of drug-likeness (QED) is 0.764. The highest BCUT2D eigenvalue weighted by Crippen LogP contribution is 2.12. The first-order valence-electron chi connectivity index (χ1n) is 6.31. The third kappa shape index (κ3) is 3.95. The van der Waals surface area contributed by atoms with Crippen molar-refractivity contribution in [3.8, 4) is 0 Å². The lowest BCUT2D eigenvalue weighted by Crippen LogP contribution is -2.24. The molecule has 0 spiro atoms. The van der Waals surface area contributed by atoms with E-state index in [4.69, 9.17) is 5.73 Å². The van der Waals surface area contributed by atoms with Crippen molar-refractivity contribution in [2.24, 2.45) is 5.73 Å². The molecule has 0 radical (unpaired) electrons. The second-order valence-electron chi connectivity index (χ2n) is 4.18. The van der Waals surface area contributed by atoms with Crippen LogP contribution in [0, 0.1) is 0 Å². The molecule has 0 amide bonds. The van der Waals surface area contributed by atoms with E-state index in [-0.39, 0.29) is 0 Å². The molecule has 0 saturated heterocycles. The van der Waals surface area contributed by atoms with Crippen LogP contribution >= 0.6 is 0 Å². The molecule has 0 bridgehead atoms. The summed E-state index contributed by atoms with van der Waals surface area (Å²) in [7, 11) is 0. The maximum atomic E-state index is 5.64. The predicted octanol–water partition coefficient (Wildman–Crippen LogP) is 2.42. The minimum Gasteiger partial charge on any atom is -0.330 e. The first-order valence-corrected chi connectivity index (χ1v) is 6.31. The average molecular weight is 220 g/mol. The van der Waals surface area contributed by atoms with Crippen LogP contribution < -0.4 is 5.73 Å². The molecule has 1 rings (SSSR count). The maximum Gasteiger partial charge on any atom is 0.0236 e. The van der Waals surface area contributed by atoms with E-state index in [9.17, 15) is 0 Å². The molecule has 0 aliphatic rings. The number of benzene rings is 1. The maximum absolute atomic E-state index is 5.64. The fourth-order valence-corrected chi connectivity index (χ4v) is 2.02. The molecule has 0 fully saturated rings. The molecule has 0 heterocycles. The number of rotatable bonds is 7. The van der Waals surface area contributed by atoms with E-state index in [1.807, 2.05) is 0 Å². The van der Waals surface area contributed by atoms with Gasteiger partial charge in [-0.1, -0.05) is 38.1 Å². The lowest BCUT2D eigenvalue weighted by atomic mass is 10.0. The van der Waals surface area contributed by atoms with Gasteiger partial charge in [-0.2, -0.15) is 0 Å². The van der Waals surface area contributed by atoms with E-state index in [1.54, 1.807) is 0 Å². The van der Waals surface area contributed by atoms with Crippen LogP contribution in [0.4, 0.5) is 0 Å². The molecular formula is C14H24N2. The summed E-state index contributed by atoms with van der Waals surface area (Å²) in [4.78, 5) is 2.48. The van der Waals surface area contributed by atoms with Crippen molar-refractivity contribution in [2.45, 2.75) is 33.2 Å². The van der Waals surface area contributed by atoms with Crippen LogP contribution in [0.15, 0.2) is 24.3 Å². The smallest absolute Gasteiger partial charge is 0.0236 e. The third-order valence-corrected chi connectivity index (χ3v) is 2.91. The van der Waals surface area contributed by atoms with E-state index in [0.29, 0.717) is 0 Å².